The van der Waals surface area contributed by atoms with Crippen molar-refractivity contribution in [2.45, 2.75) is 5.33 Å². The van der Waals surface area contributed by atoms with Crippen molar-refractivity contribution in [3.05, 3.63) is 57.8 Å². The Labute approximate surface area is 123 Å². The summed E-state index contributed by atoms with van der Waals surface area (Å²) in [5.41, 5.74) is 0.700. The van der Waals surface area contributed by atoms with Crippen LogP contribution in [0.1, 0.15) is 5.56 Å². The zero-order valence-electron chi connectivity index (χ0n) is 9.09. The molecule has 0 unspecified atom stereocenters. The van der Waals surface area contributed by atoms with Crippen LogP contribution in [0.4, 0.5) is 4.39 Å². The van der Waals surface area contributed by atoms with E-state index in [4.69, 9.17) is 27.9 Å². The number of alkyl halides is 1. The van der Waals surface area contributed by atoms with E-state index in [1.165, 1.54) is 6.07 Å². The molecule has 94 valence electrons. The highest BCUT2D eigenvalue weighted by molar-refractivity contribution is 9.08. The van der Waals surface area contributed by atoms with Gasteiger partial charge in [0.2, 0.25) is 0 Å². The molecule has 2 aromatic rings. The first kappa shape index (κ1) is 13.7. The van der Waals surface area contributed by atoms with E-state index in [1.807, 2.05) is 0 Å². The molecule has 0 aromatic heterocycles. The predicted octanol–water partition coefficient (Wildman–Crippen LogP) is 5.82. The van der Waals surface area contributed by atoms with Gasteiger partial charge in [0.15, 0.2) is 11.6 Å². The van der Waals surface area contributed by atoms with E-state index in [0.29, 0.717) is 26.7 Å². The highest BCUT2D eigenvalue weighted by Crippen LogP contribution is 2.35. The van der Waals surface area contributed by atoms with Crippen molar-refractivity contribution in [1.29, 1.82) is 0 Å². The Hall–Kier alpha value is -0.770. The number of halogens is 4. The number of hydrogen-bond acceptors (Lipinski definition) is 1. The third-order valence-corrected chi connectivity index (χ3v) is 3.45. The molecule has 0 spiro atoms. The average molecular weight is 350 g/mol. The zero-order chi connectivity index (χ0) is 13.1. The minimum atomic E-state index is -0.442. The molecule has 0 amide bonds. The van der Waals surface area contributed by atoms with Gasteiger partial charge in [-0.2, -0.15) is 0 Å². The third-order valence-electron chi connectivity index (χ3n) is 2.30. The van der Waals surface area contributed by atoms with Crippen LogP contribution >= 0.6 is 39.1 Å². The molecule has 0 saturated heterocycles. The maximum Gasteiger partial charge on any atom is 0.167 e. The van der Waals surface area contributed by atoms with E-state index in [1.54, 1.807) is 30.3 Å². The van der Waals surface area contributed by atoms with Crippen molar-refractivity contribution in [2.75, 3.05) is 0 Å². The summed E-state index contributed by atoms with van der Waals surface area (Å²) in [5.74, 6) is 0.0398. The molecular weight excluding hydrogens is 342 g/mol. The molecule has 0 saturated carbocycles. The summed E-state index contributed by atoms with van der Waals surface area (Å²) in [4.78, 5) is 0. The lowest BCUT2D eigenvalue weighted by Crippen LogP contribution is -1.93. The third kappa shape index (κ3) is 2.97. The Balaban J connectivity index is 2.42. The SMILES string of the molecule is Fc1cccc(CBr)c1Oc1cc(Cl)ccc1Cl. The Bertz CT molecular complexity index is 575. The molecule has 0 atom stereocenters. The fourth-order valence-electron chi connectivity index (χ4n) is 1.44. The fraction of sp³-hybridized carbons (Fsp3) is 0.0769. The van der Waals surface area contributed by atoms with Gasteiger partial charge in [0, 0.05) is 22.0 Å². The number of benzene rings is 2. The molecule has 0 aliphatic rings. The quantitative estimate of drug-likeness (QED) is 0.634. The molecule has 5 heteroatoms. The largest absolute Gasteiger partial charge is 0.452 e. The first-order valence-corrected chi connectivity index (χ1v) is 6.96. The van der Waals surface area contributed by atoms with E-state index in [-0.39, 0.29) is 5.75 Å². The van der Waals surface area contributed by atoms with Crippen molar-refractivity contribution in [2.24, 2.45) is 0 Å². The van der Waals surface area contributed by atoms with Crippen molar-refractivity contribution in [1.82, 2.24) is 0 Å². The summed E-state index contributed by atoms with van der Waals surface area (Å²) >= 11 is 15.1. The van der Waals surface area contributed by atoms with Gasteiger partial charge in [-0.3, -0.25) is 0 Å². The highest BCUT2D eigenvalue weighted by Gasteiger charge is 2.12. The number of para-hydroxylation sites is 1. The smallest absolute Gasteiger partial charge is 0.167 e. The van der Waals surface area contributed by atoms with Gasteiger partial charge in [-0.15, -0.1) is 0 Å². The summed E-state index contributed by atoms with van der Waals surface area (Å²) in [6.07, 6.45) is 0. The lowest BCUT2D eigenvalue weighted by Gasteiger charge is -2.12. The van der Waals surface area contributed by atoms with E-state index >= 15 is 0 Å². The minimum absolute atomic E-state index is 0.151. The fourth-order valence-corrected chi connectivity index (χ4v) is 2.20. The second kappa shape index (κ2) is 5.91. The molecule has 18 heavy (non-hydrogen) atoms. The standard InChI is InChI=1S/C13H8BrCl2FO/c14-7-8-2-1-3-11(17)13(8)18-12-6-9(15)4-5-10(12)16/h1-6H,7H2. The molecule has 0 radical (unpaired) electrons. The minimum Gasteiger partial charge on any atom is -0.452 e. The first-order chi connectivity index (χ1) is 8.61. The van der Waals surface area contributed by atoms with Crippen LogP contribution in [0.15, 0.2) is 36.4 Å². The van der Waals surface area contributed by atoms with Gasteiger partial charge in [-0.25, -0.2) is 4.39 Å². The van der Waals surface area contributed by atoms with Crippen LogP contribution in [0.5, 0.6) is 11.5 Å². The lowest BCUT2D eigenvalue weighted by molar-refractivity contribution is 0.438. The van der Waals surface area contributed by atoms with Crippen molar-refractivity contribution in [3.8, 4) is 11.5 Å². The van der Waals surface area contributed by atoms with E-state index in [9.17, 15) is 4.39 Å². The second-order valence-electron chi connectivity index (χ2n) is 3.54. The van der Waals surface area contributed by atoms with Gasteiger partial charge in [-0.1, -0.05) is 51.3 Å². The van der Waals surface area contributed by atoms with Gasteiger partial charge in [0.25, 0.3) is 0 Å². The first-order valence-electron chi connectivity index (χ1n) is 5.08. The molecule has 2 rings (SSSR count). The van der Waals surface area contributed by atoms with Gasteiger partial charge >= 0.3 is 0 Å². The normalized spacial score (nSPS) is 10.4. The molecule has 2 aromatic carbocycles. The molecule has 0 aliphatic heterocycles. The van der Waals surface area contributed by atoms with Crippen LogP contribution in [0.2, 0.25) is 10.0 Å². The maximum atomic E-state index is 13.7. The number of rotatable bonds is 3. The maximum absolute atomic E-state index is 13.7. The number of ether oxygens (including phenoxy) is 1. The van der Waals surface area contributed by atoms with E-state index < -0.39 is 5.82 Å². The Kier molecular flexibility index (Phi) is 4.49. The van der Waals surface area contributed by atoms with Crippen molar-refractivity contribution in [3.63, 3.8) is 0 Å². The second-order valence-corrected chi connectivity index (χ2v) is 4.94. The molecule has 0 fully saturated rings. The monoisotopic (exact) mass is 348 g/mol. The molecule has 0 heterocycles. The molecule has 0 bridgehead atoms. The van der Waals surface area contributed by atoms with Crippen LogP contribution in [0.3, 0.4) is 0 Å². The van der Waals surface area contributed by atoms with Crippen LogP contribution < -0.4 is 4.74 Å². The molecule has 1 nitrogen and oxygen atoms in total. The van der Waals surface area contributed by atoms with Crippen LogP contribution in [-0.2, 0) is 5.33 Å². The average Bonchev–Trinajstić information content (AvgIpc) is 2.36. The van der Waals surface area contributed by atoms with Crippen LogP contribution in [0.25, 0.3) is 0 Å². The van der Waals surface area contributed by atoms with E-state index in [0.717, 1.165) is 0 Å². The summed E-state index contributed by atoms with van der Waals surface area (Å²) < 4.78 is 19.3. The van der Waals surface area contributed by atoms with Gasteiger partial charge in [0.05, 0.1) is 5.02 Å². The molecule has 0 N–H and O–H groups in total. The Morgan fingerprint density at radius 2 is 1.94 bits per heavy atom. The predicted molar refractivity (Wildman–Crippen MR) is 75.6 cm³/mol. The summed E-state index contributed by atoms with van der Waals surface area (Å²) in [5, 5.41) is 1.34. The van der Waals surface area contributed by atoms with E-state index in [2.05, 4.69) is 15.9 Å². The molecular formula is C13H8BrCl2FO. The summed E-state index contributed by atoms with van der Waals surface area (Å²) in [6.45, 7) is 0. The van der Waals surface area contributed by atoms with Gasteiger partial charge in [0.1, 0.15) is 5.75 Å². The van der Waals surface area contributed by atoms with Crippen molar-refractivity contribution < 1.29 is 9.13 Å². The van der Waals surface area contributed by atoms with Crippen LogP contribution in [0, 0.1) is 5.82 Å². The summed E-state index contributed by atoms with van der Waals surface area (Å²) in [7, 11) is 0. The van der Waals surface area contributed by atoms with Crippen molar-refractivity contribution >= 4 is 39.1 Å². The van der Waals surface area contributed by atoms with Crippen LogP contribution in [-0.4, -0.2) is 0 Å². The van der Waals surface area contributed by atoms with Gasteiger partial charge in [-0.05, 0) is 18.2 Å². The molecule has 0 aliphatic carbocycles. The van der Waals surface area contributed by atoms with Gasteiger partial charge < -0.3 is 4.74 Å². The highest BCUT2D eigenvalue weighted by atomic mass is 79.9. The number of hydrogen-bond donors (Lipinski definition) is 0. The lowest BCUT2D eigenvalue weighted by atomic mass is 10.2. The Morgan fingerprint density at radius 3 is 2.67 bits per heavy atom. The Morgan fingerprint density at radius 1 is 1.17 bits per heavy atom. The topological polar surface area (TPSA) is 9.23 Å². The zero-order valence-corrected chi connectivity index (χ0v) is 12.2. The summed E-state index contributed by atoms with van der Waals surface area (Å²) in [6, 6.07) is 9.52.